The molecule has 1 heterocycles. The Labute approximate surface area is 170 Å². The third-order valence-corrected chi connectivity index (χ3v) is 4.39. The number of para-hydroxylation sites is 2. The largest absolute Gasteiger partial charge is 0.297 e. The topological polar surface area (TPSA) is 58.7 Å². The lowest BCUT2D eigenvalue weighted by Gasteiger charge is -2.06. The summed E-state index contributed by atoms with van der Waals surface area (Å²) in [6, 6.07) is 16.7. The molecule has 0 unspecified atom stereocenters. The van der Waals surface area contributed by atoms with Crippen molar-refractivity contribution in [3.8, 4) is 5.69 Å². The Kier molecular flexibility index (Phi) is 13.3. The smallest absolute Gasteiger partial charge is 0.111 e. The number of hydrogen-bond acceptors (Lipinski definition) is 3. The third-order valence-electron chi connectivity index (χ3n) is 4.39. The van der Waals surface area contributed by atoms with Crippen LogP contribution < -0.4 is 0 Å². The van der Waals surface area contributed by atoms with E-state index in [1.807, 2.05) is 13.0 Å². The Morgan fingerprint density at radius 3 is 1.89 bits per heavy atom. The summed E-state index contributed by atoms with van der Waals surface area (Å²) in [5.74, 6) is 1.91. The molecule has 3 aromatic rings. The first-order valence-electron chi connectivity index (χ1n) is 10.2. The Morgan fingerprint density at radius 1 is 0.893 bits per heavy atom. The molecule has 0 amide bonds. The highest BCUT2D eigenvalue weighted by Crippen LogP contribution is 2.23. The van der Waals surface area contributed by atoms with Crippen LogP contribution >= 0.6 is 0 Å². The van der Waals surface area contributed by atoms with Gasteiger partial charge in [-0.15, -0.1) is 0 Å². The first-order chi connectivity index (χ1) is 13.5. The summed E-state index contributed by atoms with van der Waals surface area (Å²) in [4.78, 5) is 12.2. The molecule has 1 N–H and O–H groups in total. The van der Waals surface area contributed by atoms with Gasteiger partial charge in [-0.05, 0) is 43.5 Å². The van der Waals surface area contributed by atoms with Gasteiger partial charge in [-0.3, -0.25) is 4.57 Å². The van der Waals surface area contributed by atoms with Crippen molar-refractivity contribution < 1.29 is 0 Å². The van der Waals surface area contributed by atoms with E-state index in [1.165, 1.54) is 30.3 Å². The highest BCUT2D eigenvalue weighted by Gasteiger charge is 2.09. The lowest BCUT2D eigenvalue weighted by molar-refractivity contribution is 0.626. The van der Waals surface area contributed by atoms with Crippen LogP contribution in [-0.2, 0) is 0 Å². The predicted molar refractivity (Wildman–Crippen MR) is 122 cm³/mol. The first-order valence-corrected chi connectivity index (χ1v) is 10.2. The number of benzene rings is 2. The van der Waals surface area contributed by atoms with Gasteiger partial charge in [0.15, 0.2) is 0 Å². The average molecular weight is 384 g/mol. The van der Waals surface area contributed by atoms with Gasteiger partial charge in [0, 0.05) is 5.69 Å². The lowest BCUT2D eigenvalue weighted by Crippen LogP contribution is -1.95. The van der Waals surface area contributed by atoms with Crippen molar-refractivity contribution >= 4 is 11.0 Å². The molecular formula is C24H37N3O. The Hall–Kier alpha value is -2.49. The number of nitroso groups, excluding NO2 is 1. The van der Waals surface area contributed by atoms with E-state index in [1.54, 1.807) is 0 Å². The van der Waals surface area contributed by atoms with Crippen LogP contribution in [0.3, 0.4) is 0 Å². The molecule has 28 heavy (non-hydrogen) atoms. The molecule has 154 valence electrons. The number of aromatic nitrogens is 2. The van der Waals surface area contributed by atoms with Crippen LogP contribution in [0.5, 0.6) is 0 Å². The molecule has 0 bridgehead atoms. The molecule has 4 nitrogen and oxygen atoms in total. The van der Waals surface area contributed by atoms with Crippen molar-refractivity contribution in [2.45, 2.75) is 67.7 Å². The van der Waals surface area contributed by atoms with Gasteiger partial charge in [0.05, 0.1) is 11.0 Å². The van der Waals surface area contributed by atoms with Gasteiger partial charge in [0.1, 0.15) is 5.82 Å². The minimum atomic E-state index is 0.884. The number of unbranched alkanes of at least 4 members (excludes halogenated alkanes) is 1. The molecule has 3 rings (SSSR count). The minimum Gasteiger partial charge on any atom is -0.297 e. The zero-order valence-corrected chi connectivity index (χ0v) is 18.6. The van der Waals surface area contributed by atoms with Gasteiger partial charge < -0.3 is 0 Å². The van der Waals surface area contributed by atoms with Crippen LogP contribution in [0.4, 0.5) is 0 Å². The number of fused-ring (bicyclic) bond motifs is 1. The highest BCUT2D eigenvalue weighted by molar-refractivity contribution is 5.81. The summed E-state index contributed by atoms with van der Waals surface area (Å²) in [7, 11) is 0. The summed E-state index contributed by atoms with van der Waals surface area (Å²) in [6.07, 6.45) is 3.94. The fourth-order valence-corrected chi connectivity index (χ4v) is 2.26. The summed E-state index contributed by atoms with van der Waals surface area (Å²) < 4.78 is 2.20. The van der Waals surface area contributed by atoms with Crippen molar-refractivity contribution in [2.75, 3.05) is 0 Å². The molecule has 0 radical (unpaired) electrons. The number of rotatable bonds is 3. The van der Waals surface area contributed by atoms with E-state index in [0.717, 1.165) is 22.9 Å². The molecule has 0 aliphatic carbocycles. The van der Waals surface area contributed by atoms with E-state index in [0.29, 0.717) is 0 Å². The van der Waals surface area contributed by atoms with Crippen LogP contribution in [0.1, 0.15) is 65.3 Å². The summed E-state index contributed by atoms with van der Waals surface area (Å²) in [6.45, 7) is 15.2. The van der Waals surface area contributed by atoms with Crippen molar-refractivity contribution in [1.82, 2.24) is 9.55 Å². The van der Waals surface area contributed by atoms with Gasteiger partial charge in [-0.2, -0.15) is 4.91 Å². The normalized spacial score (nSPS) is 9.57. The Balaban J connectivity index is 0.000000557. The molecule has 0 fully saturated rings. The van der Waals surface area contributed by atoms with Crippen molar-refractivity contribution in [2.24, 2.45) is 5.92 Å². The summed E-state index contributed by atoms with van der Waals surface area (Å²) in [5, 5.41) is 0. The van der Waals surface area contributed by atoms with E-state index in [9.17, 15) is 0 Å². The lowest BCUT2D eigenvalue weighted by atomic mass is 10.2. The van der Waals surface area contributed by atoms with Gasteiger partial charge >= 0.3 is 0 Å². The predicted octanol–water partition coefficient (Wildman–Crippen LogP) is 7.83. The molecule has 0 aliphatic heterocycles. The van der Waals surface area contributed by atoms with E-state index in [-0.39, 0.29) is 0 Å². The van der Waals surface area contributed by atoms with Crippen LogP contribution in [0.2, 0.25) is 0 Å². The highest BCUT2D eigenvalue weighted by atomic mass is 16.2. The molecule has 0 saturated heterocycles. The summed E-state index contributed by atoms with van der Waals surface area (Å²) >= 11 is 0. The van der Waals surface area contributed by atoms with Crippen LogP contribution in [0, 0.1) is 30.3 Å². The number of nitrogens with one attached hydrogen (secondary N) is 1. The number of hydrogen-bond donors (Lipinski definition) is 1. The molecule has 0 aliphatic rings. The second kappa shape index (κ2) is 14.6. The second-order valence-corrected chi connectivity index (χ2v) is 7.07. The van der Waals surface area contributed by atoms with Crippen molar-refractivity contribution in [3.05, 3.63) is 64.8 Å². The maximum atomic E-state index is 7.50. The molecule has 4 heteroatoms. The van der Waals surface area contributed by atoms with Gasteiger partial charge in [-0.25, -0.2) is 4.98 Å². The van der Waals surface area contributed by atoms with Gasteiger partial charge in [0.2, 0.25) is 0 Å². The maximum Gasteiger partial charge on any atom is 0.111 e. The molecule has 2 aromatic carbocycles. The van der Waals surface area contributed by atoms with Crippen molar-refractivity contribution in [1.29, 1.82) is 5.59 Å². The molecule has 0 atom stereocenters. The van der Waals surface area contributed by atoms with E-state index >= 15 is 0 Å². The number of aryl methyl sites for hydroxylation is 2. The Morgan fingerprint density at radius 2 is 1.43 bits per heavy atom. The van der Waals surface area contributed by atoms with E-state index < -0.39 is 0 Å². The number of imidazole rings is 1. The standard InChI is InChI=1S/C15H14N2.C5H12.C4H10.HNO/c1-11-7-6-10-14-15(11)16-12(2)17(14)13-8-4-3-5-9-13;1-4-5(2)3;1-3-4-2;1-2/h3-10H,1-2H3;5H,4H2,1-3H3;3-4H2,1-2H3;1H. The van der Waals surface area contributed by atoms with E-state index in [4.69, 9.17) is 4.91 Å². The molecular weight excluding hydrogens is 346 g/mol. The van der Waals surface area contributed by atoms with Crippen molar-refractivity contribution in [3.63, 3.8) is 0 Å². The SMILES string of the molecule is CCC(C)C.CCCC.Cc1cccc2c1nc(C)n2-c1ccccc1.N=O. The average Bonchev–Trinajstić information content (AvgIpc) is 3.08. The van der Waals surface area contributed by atoms with Crippen LogP contribution in [-0.4, -0.2) is 9.55 Å². The van der Waals surface area contributed by atoms with Crippen LogP contribution in [0.25, 0.3) is 16.7 Å². The van der Waals surface area contributed by atoms with Gasteiger partial charge in [-0.1, -0.05) is 89.8 Å². The van der Waals surface area contributed by atoms with Crippen LogP contribution in [0.15, 0.2) is 48.5 Å². The summed E-state index contributed by atoms with van der Waals surface area (Å²) in [5.41, 5.74) is 9.15. The van der Waals surface area contributed by atoms with E-state index in [2.05, 4.69) is 99.2 Å². The monoisotopic (exact) mass is 383 g/mol. The third kappa shape index (κ3) is 8.03. The first kappa shape index (κ1) is 25.5. The quantitative estimate of drug-likeness (QED) is 0.468. The molecule has 0 spiro atoms. The number of nitrogens with zero attached hydrogens (tertiary/aromatic N) is 2. The minimum absolute atomic E-state index is 0.884. The zero-order chi connectivity index (χ0) is 21.5. The fraction of sp³-hybridized carbons (Fsp3) is 0.458. The fourth-order valence-electron chi connectivity index (χ4n) is 2.26. The van der Waals surface area contributed by atoms with Gasteiger partial charge in [0.25, 0.3) is 0 Å². The maximum absolute atomic E-state index is 7.50. The second-order valence-electron chi connectivity index (χ2n) is 7.07. The Bertz CT molecular complexity index is 777. The zero-order valence-electron chi connectivity index (χ0n) is 18.6. The molecule has 0 saturated carbocycles. The molecule has 1 aromatic heterocycles.